The number of aryl methyl sites for hydroxylation is 1. The van der Waals surface area contributed by atoms with Crippen LogP contribution in [0.2, 0.25) is 0 Å². The fourth-order valence-electron chi connectivity index (χ4n) is 4.47. The lowest BCUT2D eigenvalue weighted by atomic mass is 9.95. The van der Waals surface area contributed by atoms with Gasteiger partial charge in [-0.05, 0) is 86.7 Å². The van der Waals surface area contributed by atoms with Gasteiger partial charge in [-0.15, -0.1) is 11.3 Å². The SMILES string of the molecule is CCC(CC(=O)O)c1cc(Cc2ccc3nc(C)sc3c2)cc(N(Cc2ccc(F)cc2)C(C)C)n1. The summed E-state index contributed by atoms with van der Waals surface area (Å²) in [5.41, 5.74) is 5.06. The predicted molar refractivity (Wildman–Crippen MR) is 144 cm³/mol. The lowest BCUT2D eigenvalue weighted by molar-refractivity contribution is -0.137. The van der Waals surface area contributed by atoms with Crippen molar-refractivity contribution in [2.75, 3.05) is 4.90 Å². The maximum Gasteiger partial charge on any atom is 0.304 e. The Morgan fingerprint density at radius 3 is 2.42 bits per heavy atom. The number of carbonyl (C=O) groups is 1. The lowest BCUT2D eigenvalue weighted by Gasteiger charge is -2.29. The number of fused-ring (bicyclic) bond motifs is 1. The number of hydrogen-bond donors (Lipinski definition) is 1. The number of anilines is 1. The third-order valence-corrected chi connectivity index (χ3v) is 7.31. The quantitative estimate of drug-likeness (QED) is 0.249. The van der Waals surface area contributed by atoms with Gasteiger partial charge in [0.25, 0.3) is 0 Å². The van der Waals surface area contributed by atoms with E-state index in [4.69, 9.17) is 4.98 Å². The molecule has 0 amide bonds. The van der Waals surface area contributed by atoms with E-state index >= 15 is 0 Å². The third kappa shape index (κ3) is 6.26. The summed E-state index contributed by atoms with van der Waals surface area (Å²) in [6, 6.07) is 17.2. The number of halogens is 1. The smallest absolute Gasteiger partial charge is 0.304 e. The van der Waals surface area contributed by atoms with E-state index in [2.05, 4.69) is 54.1 Å². The normalized spacial score (nSPS) is 12.3. The van der Waals surface area contributed by atoms with E-state index in [0.717, 1.165) is 37.9 Å². The van der Waals surface area contributed by atoms with Gasteiger partial charge in [-0.25, -0.2) is 14.4 Å². The van der Waals surface area contributed by atoms with Crippen LogP contribution < -0.4 is 4.90 Å². The highest BCUT2D eigenvalue weighted by Crippen LogP contribution is 2.30. The van der Waals surface area contributed by atoms with Crippen molar-refractivity contribution >= 4 is 33.3 Å². The first-order valence-corrected chi connectivity index (χ1v) is 13.1. The number of rotatable bonds is 10. The Balaban J connectivity index is 1.74. The van der Waals surface area contributed by atoms with Gasteiger partial charge in [-0.2, -0.15) is 0 Å². The molecule has 0 saturated heterocycles. The number of carboxylic acids is 1. The van der Waals surface area contributed by atoms with Crippen molar-refractivity contribution in [3.8, 4) is 0 Å². The van der Waals surface area contributed by atoms with Crippen LogP contribution in [0, 0.1) is 12.7 Å². The minimum Gasteiger partial charge on any atom is -0.481 e. The molecule has 1 N–H and O–H groups in total. The first-order chi connectivity index (χ1) is 17.2. The Morgan fingerprint density at radius 2 is 1.75 bits per heavy atom. The molecule has 0 aliphatic heterocycles. The van der Waals surface area contributed by atoms with Crippen LogP contribution in [0.1, 0.15) is 66.9 Å². The van der Waals surface area contributed by atoms with Crippen LogP contribution in [0.4, 0.5) is 10.2 Å². The second-order valence-corrected chi connectivity index (χ2v) is 10.8. The van der Waals surface area contributed by atoms with Crippen molar-refractivity contribution < 1.29 is 14.3 Å². The maximum atomic E-state index is 13.5. The average Bonchev–Trinajstić information content (AvgIpc) is 3.20. The molecule has 2 heterocycles. The molecule has 0 saturated carbocycles. The summed E-state index contributed by atoms with van der Waals surface area (Å²) in [6.45, 7) is 8.80. The summed E-state index contributed by atoms with van der Waals surface area (Å²) < 4.78 is 14.6. The molecule has 0 spiro atoms. The number of aliphatic carboxylic acids is 1. The van der Waals surface area contributed by atoms with E-state index in [1.807, 2.05) is 13.8 Å². The first kappa shape index (κ1) is 25.8. The summed E-state index contributed by atoms with van der Waals surface area (Å²) >= 11 is 1.69. The van der Waals surface area contributed by atoms with Gasteiger partial charge in [-0.1, -0.05) is 25.1 Å². The average molecular weight is 506 g/mol. The number of nitrogens with zero attached hydrogens (tertiary/aromatic N) is 3. The zero-order valence-corrected chi connectivity index (χ0v) is 22.0. The number of aromatic nitrogens is 2. The predicted octanol–water partition coefficient (Wildman–Crippen LogP) is 7.11. The van der Waals surface area contributed by atoms with E-state index in [9.17, 15) is 14.3 Å². The second kappa shape index (κ2) is 11.2. The molecule has 188 valence electrons. The van der Waals surface area contributed by atoms with Crippen molar-refractivity contribution in [1.29, 1.82) is 0 Å². The molecule has 0 bridgehead atoms. The summed E-state index contributed by atoms with van der Waals surface area (Å²) in [6.07, 6.45) is 1.44. The maximum absolute atomic E-state index is 13.5. The molecule has 1 atom stereocenters. The summed E-state index contributed by atoms with van der Waals surface area (Å²) in [5, 5.41) is 10.5. The Kier molecular flexibility index (Phi) is 7.99. The third-order valence-electron chi connectivity index (χ3n) is 6.38. The fourth-order valence-corrected chi connectivity index (χ4v) is 5.36. The van der Waals surface area contributed by atoms with Crippen LogP contribution in [-0.4, -0.2) is 27.1 Å². The molecule has 0 aliphatic rings. The van der Waals surface area contributed by atoms with Gasteiger partial charge in [0.05, 0.1) is 21.6 Å². The van der Waals surface area contributed by atoms with Crippen LogP contribution in [-0.2, 0) is 17.8 Å². The van der Waals surface area contributed by atoms with E-state index in [1.54, 1.807) is 23.5 Å². The number of thiazole rings is 1. The Labute approximate surface area is 215 Å². The molecule has 4 aromatic rings. The van der Waals surface area contributed by atoms with E-state index in [1.165, 1.54) is 17.7 Å². The van der Waals surface area contributed by atoms with E-state index in [0.29, 0.717) is 19.4 Å². The molecule has 0 radical (unpaired) electrons. The van der Waals surface area contributed by atoms with Gasteiger partial charge < -0.3 is 10.0 Å². The number of hydrogen-bond acceptors (Lipinski definition) is 5. The van der Waals surface area contributed by atoms with Crippen LogP contribution in [0.25, 0.3) is 10.2 Å². The van der Waals surface area contributed by atoms with Crippen LogP contribution in [0.15, 0.2) is 54.6 Å². The molecule has 36 heavy (non-hydrogen) atoms. The van der Waals surface area contributed by atoms with Crippen molar-refractivity contribution in [2.45, 2.75) is 65.5 Å². The molecule has 0 fully saturated rings. The standard InChI is InChI=1S/C29H32FN3O2S/c1-5-23(16-29(34)35)26-13-22(12-21-8-11-25-27(14-21)36-19(4)31-25)15-28(32-26)33(18(2)3)17-20-6-9-24(30)10-7-20/h6-11,13-15,18,23H,5,12,16-17H2,1-4H3,(H,34,35). The van der Waals surface area contributed by atoms with Gasteiger partial charge in [0, 0.05) is 24.2 Å². The summed E-state index contributed by atoms with van der Waals surface area (Å²) in [7, 11) is 0. The lowest BCUT2D eigenvalue weighted by Crippen LogP contribution is -2.31. The van der Waals surface area contributed by atoms with Crippen molar-refractivity contribution in [1.82, 2.24) is 9.97 Å². The molecule has 0 aliphatic carbocycles. The van der Waals surface area contributed by atoms with Crippen LogP contribution in [0.3, 0.4) is 0 Å². The van der Waals surface area contributed by atoms with Crippen molar-refractivity contribution in [3.05, 3.63) is 87.8 Å². The zero-order chi connectivity index (χ0) is 25.8. The van der Waals surface area contributed by atoms with Crippen molar-refractivity contribution in [2.24, 2.45) is 0 Å². The molecule has 2 aromatic heterocycles. The summed E-state index contributed by atoms with van der Waals surface area (Å²) in [4.78, 5) is 23.3. The van der Waals surface area contributed by atoms with Gasteiger partial charge in [0.2, 0.25) is 0 Å². The largest absolute Gasteiger partial charge is 0.481 e. The molecular weight excluding hydrogens is 473 g/mol. The zero-order valence-electron chi connectivity index (χ0n) is 21.2. The van der Waals surface area contributed by atoms with Crippen molar-refractivity contribution in [3.63, 3.8) is 0 Å². The van der Waals surface area contributed by atoms with Gasteiger partial charge >= 0.3 is 5.97 Å². The highest BCUT2D eigenvalue weighted by molar-refractivity contribution is 7.18. The molecule has 2 aromatic carbocycles. The summed E-state index contributed by atoms with van der Waals surface area (Å²) in [5.74, 6) is -0.452. The van der Waals surface area contributed by atoms with Crippen LogP contribution in [0.5, 0.6) is 0 Å². The molecular formula is C29H32FN3O2S. The van der Waals surface area contributed by atoms with E-state index in [-0.39, 0.29) is 24.2 Å². The van der Waals surface area contributed by atoms with Gasteiger partial charge in [0.1, 0.15) is 11.6 Å². The van der Waals surface area contributed by atoms with Gasteiger partial charge in [-0.3, -0.25) is 4.79 Å². The minimum atomic E-state index is -0.825. The second-order valence-electron chi connectivity index (χ2n) is 9.52. The van der Waals surface area contributed by atoms with Gasteiger partial charge in [0.15, 0.2) is 0 Å². The number of carboxylic acid groups (broad SMARTS) is 1. The monoisotopic (exact) mass is 505 g/mol. The number of benzene rings is 2. The highest BCUT2D eigenvalue weighted by atomic mass is 32.1. The Bertz CT molecular complexity index is 1350. The van der Waals surface area contributed by atoms with Crippen LogP contribution >= 0.6 is 11.3 Å². The Hall–Kier alpha value is -3.32. The number of pyridine rings is 1. The van der Waals surface area contributed by atoms with E-state index < -0.39 is 5.97 Å². The molecule has 7 heteroatoms. The minimum absolute atomic E-state index is 0.0398. The fraction of sp³-hybridized carbons (Fsp3) is 0.345. The topological polar surface area (TPSA) is 66.3 Å². The Morgan fingerprint density at radius 1 is 1.03 bits per heavy atom. The first-order valence-electron chi connectivity index (χ1n) is 12.3. The highest BCUT2D eigenvalue weighted by Gasteiger charge is 2.20. The molecule has 1 unspecified atom stereocenters. The molecule has 4 rings (SSSR count). The molecule has 5 nitrogen and oxygen atoms in total.